The maximum absolute atomic E-state index is 12.4. The Hall–Kier alpha value is -2.69. The van der Waals surface area contributed by atoms with Gasteiger partial charge in [0.15, 0.2) is 11.6 Å². The number of fused-ring (bicyclic) bond motifs is 2. The Kier molecular flexibility index (Phi) is 2.35. The van der Waals surface area contributed by atoms with Crippen LogP contribution in [0.4, 0.5) is 0 Å². The summed E-state index contributed by atoms with van der Waals surface area (Å²) >= 11 is 0. The second kappa shape index (κ2) is 3.91. The Labute approximate surface area is 107 Å². The van der Waals surface area contributed by atoms with Crippen molar-refractivity contribution in [1.82, 2.24) is 4.98 Å². The normalized spacial score (nSPS) is 12.9. The first-order valence-corrected chi connectivity index (χ1v) is 5.62. The molecule has 94 valence electrons. The Morgan fingerprint density at radius 1 is 1.00 bits per heavy atom. The highest BCUT2D eigenvalue weighted by molar-refractivity contribution is 6.29. The van der Waals surface area contributed by atoms with Gasteiger partial charge in [0.05, 0.1) is 18.2 Å². The molecule has 19 heavy (non-hydrogen) atoms. The molecule has 2 aromatic rings. The quantitative estimate of drug-likeness (QED) is 0.707. The number of benzene rings is 1. The number of carbonyl (C=O) groups is 2. The van der Waals surface area contributed by atoms with Gasteiger partial charge in [0.2, 0.25) is 5.56 Å². The topological polar surface area (TPSA) is 76.2 Å². The van der Waals surface area contributed by atoms with Crippen LogP contribution in [0, 0.1) is 0 Å². The molecule has 0 fully saturated rings. The first kappa shape index (κ1) is 11.4. The molecule has 0 aliphatic heterocycles. The lowest BCUT2D eigenvalue weighted by Gasteiger charge is -2.18. The molecular formula is C14H9NO4. The van der Waals surface area contributed by atoms with Gasteiger partial charge in [-0.3, -0.25) is 14.4 Å². The summed E-state index contributed by atoms with van der Waals surface area (Å²) in [7, 11) is 1.44. The van der Waals surface area contributed by atoms with Gasteiger partial charge in [0.25, 0.3) is 0 Å². The molecule has 0 atom stereocenters. The van der Waals surface area contributed by atoms with Crippen LogP contribution < -0.4 is 10.3 Å². The lowest BCUT2D eigenvalue weighted by Crippen LogP contribution is -2.24. The second-order valence-corrected chi connectivity index (χ2v) is 4.17. The van der Waals surface area contributed by atoms with Gasteiger partial charge in [-0.15, -0.1) is 0 Å². The molecule has 1 N–H and O–H groups in total. The third kappa shape index (κ3) is 1.52. The lowest BCUT2D eigenvalue weighted by atomic mass is 9.84. The van der Waals surface area contributed by atoms with Gasteiger partial charge in [-0.25, -0.2) is 0 Å². The first-order chi connectivity index (χ1) is 9.13. The average Bonchev–Trinajstić information content (AvgIpc) is 2.43. The number of pyridine rings is 1. The number of H-pyrrole nitrogens is 1. The zero-order chi connectivity index (χ0) is 13.6. The highest BCUT2D eigenvalue weighted by Crippen LogP contribution is 2.32. The van der Waals surface area contributed by atoms with Gasteiger partial charge < -0.3 is 9.72 Å². The highest BCUT2D eigenvalue weighted by atomic mass is 16.5. The number of carbonyl (C=O) groups excluding carboxylic acids is 2. The number of hydrogen-bond acceptors (Lipinski definition) is 4. The van der Waals surface area contributed by atoms with Crippen LogP contribution in [0.5, 0.6) is 5.75 Å². The molecule has 0 amide bonds. The molecule has 0 spiro atoms. The Morgan fingerprint density at radius 2 is 1.79 bits per heavy atom. The van der Waals surface area contributed by atoms with E-state index in [-0.39, 0.29) is 33.8 Å². The van der Waals surface area contributed by atoms with Crippen molar-refractivity contribution in [2.45, 2.75) is 0 Å². The maximum Gasteiger partial charge on any atom is 0.248 e. The predicted molar refractivity (Wildman–Crippen MR) is 66.9 cm³/mol. The summed E-state index contributed by atoms with van der Waals surface area (Å²) in [4.78, 5) is 38.4. The third-order valence-electron chi connectivity index (χ3n) is 3.13. The molecule has 1 aliphatic carbocycles. The van der Waals surface area contributed by atoms with E-state index in [2.05, 4.69) is 4.98 Å². The minimum Gasteiger partial charge on any atom is -0.496 e. The molecule has 0 bridgehead atoms. The SMILES string of the molecule is COc1cccc2c1C(=O)c1c[nH]c(=O)cc1C2=O. The molecule has 1 aliphatic rings. The Balaban J connectivity index is 2.36. The van der Waals surface area contributed by atoms with E-state index >= 15 is 0 Å². The highest BCUT2D eigenvalue weighted by Gasteiger charge is 2.32. The number of nitrogens with one attached hydrogen (secondary N) is 1. The monoisotopic (exact) mass is 255 g/mol. The summed E-state index contributed by atoms with van der Waals surface area (Å²) in [5.41, 5.74) is 0.430. The number of ether oxygens (including phenoxy) is 1. The third-order valence-corrected chi connectivity index (χ3v) is 3.13. The number of aromatic amines is 1. The molecule has 1 heterocycles. The van der Waals surface area contributed by atoms with Gasteiger partial charge in [-0.2, -0.15) is 0 Å². The summed E-state index contributed by atoms with van der Waals surface area (Å²) in [6, 6.07) is 5.97. The van der Waals surface area contributed by atoms with Crippen LogP contribution in [0.1, 0.15) is 31.8 Å². The van der Waals surface area contributed by atoms with Gasteiger partial charge in [0, 0.05) is 23.4 Å². The van der Waals surface area contributed by atoms with Crippen LogP contribution in [0.3, 0.4) is 0 Å². The van der Waals surface area contributed by atoms with E-state index in [1.54, 1.807) is 18.2 Å². The van der Waals surface area contributed by atoms with Gasteiger partial charge in [0.1, 0.15) is 5.75 Å². The molecular weight excluding hydrogens is 246 g/mol. The van der Waals surface area contributed by atoms with E-state index in [0.29, 0.717) is 5.75 Å². The predicted octanol–water partition coefficient (Wildman–Crippen LogP) is 1.16. The van der Waals surface area contributed by atoms with E-state index in [1.165, 1.54) is 13.3 Å². The van der Waals surface area contributed by atoms with Crippen molar-refractivity contribution in [3.8, 4) is 5.75 Å². The minimum absolute atomic E-state index is 0.134. The average molecular weight is 255 g/mol. The van der Waals surface area contributed by atoms with Crippen LogP contribution in [0.2, 0.25) is 0 Å². The molecule has 0 radical (unpaired) electrons. The van der Waals surface area contributed by atoms with Crippen molar-refractivity contribution in [2.24, 2.45) is 0 Å². The number of ketones is 2. The van der Waals surface area contributed by atoms with Crippen molar-refractivity contribution in [3.05, 3.63) is 63.1 Å². The van der Waals surface area contributed by atoms with E-state index < -0.39 is 5.56 Å². The molecule has 0 saturated heterocycles. The van der Waals surface area contributed by atoms with Gasteiger partial charge >= 0.3 is 0 Å². The summed E-state index contributed by atoms with van der Waals surface area (Å²) < 4.78 is 5.13. The largest absolute Gasteiger partial charge is 0.496 e. The fraction of sp³-hybridized carbons (Fsp3) is 0.0714. The molecule has 0 unspecified atom stereocenters. The van der Waals surface area contributed by atoms with Crippen molar-refractivity contribution in [3.63, 3.8) is 0 Å². The minimum atomic E-state index is -0.411. The standard InChI is InChI=1S/C14H9NO4/c1-19-10-4-2-3-7-12(10)14(18)9-6-15-11(16)5-8(9)13(7)17/h2-6H,1H3,(H,15,16). The second-order valence-electron chi connectivity index (χ2n) is 4.17. The Morgan fingerprint density at radius 3 is 2.53 bits per heavy atom. The summed E-state index contributed by atoms with van der Waals surface area (Å²) in [5, 5.41) is 0. The smallest absolute Gasteiger partial charge is 0.248 e. The van der Waals surface area contributed by atoms with Crippen LogP contribution >= 0.6 is 0 Å². The molecule has 5 heteroatoms. The molecule has 5 nitrogen and oxygen atoms in total. The molecule has 1 aromatic carbocycles. The number of rotatable bonds is 1. The van der Waals surface area contributed by atoms with Crippen molar-refractivity contribution in [2.75, 3.05) is 7.11 Å². The zero-order valence-corrected chi connectivity index (χ0v) is 10.0. The summed E-state index contributed by atoms with van der Waals surface area (Å²) in [5.74, 6) is -0.305. The molecule has 0 saturated carbocycles. The molecule has 1 aromatic heterocycles. The van der Waals surface area contributed by atoms with Crippen LogP contribution in [-0.2, 0) is 0 Å². The number of aromatic nitrogens is 1. The maximum atomic E-state index is 12.4. The van der Waals surface area contributed by atoms with Crippen molar-refractivity contribution < 1.29 is 14.3 Å². The lowest BCUT2D eigenvalue weighted by molar-refractivity contribution is 0.0976. The van der Waals surface area contributed by atoms with E-state index in [1.807, 2.05) is 0 Å². The zero-order valence-electron chi connectivity index (χ0n) is 10.0. The van der Waals surface area contributed by atoms with Crippen LogP contribution in [0.25, 0.3) is 0 Å². The first-order valence-electron chi connectivity index (χ1n) is 5.62. The van der Waals surface area contributed by atoms with Crippen LogP contribution in [-0.4, -0.2) is 23.7 Å². The Bertz CT molecular complexity index is 773. The fourth-order valence-corrected chi connectivity index (χ4v) is 2.25. The number of hydrogen-bond donors (Lipinski definition) is 1. The van der Waals surface area contributed by atoms with Crippen molar-refractivity contribution >= 4 is 11.6 Å². The van der Waals surface area contributed by atoms with Gasteiger partial charge in [-0.1, -0.05) is 12.1 Å². The van der Waals surface area contributed by atoms with Gasteiger partial charge in [-0.05, 0) is 6.07 Å². The fourth-order valence-electron chi connectivity index (χ4n) is 2.25. The van der Waals surface area contributed by atoms with E-state index in [0.717, 1.165) is 6.07 Å². The van der Waals surface area contributed by atoms with E-state index in [9.17, 15) is 14.4 Å². The molecule has 3 rings (SSSR count). The van der Waals surface area contributed by atoms with Crippen LogP contribution in [0.15, 0.2) is 35.3 Å². The van der Waals surface area contributed by atoms with E-state index in [4.69, 9.17) is 4.74 Å². The summed E-state index contributed by atoms with van der Waals surface area (Å²) in [6.07, 6.45) is 1.27. The summed E-state index contributed by atoms with van der Waals surface area (Å²) in [6.45, 7) is 0. The number of methoxy groups -OCH3 is 1. The van der Waals surface area contributed by atoms with Crippen molar-refractivity contribution in [1.29, 1.82) is 0 Å².